The van der Waals surface area contributed by atoms with E-state index < -0.39 is 5.60 Å². The maximum absolute atomic E-state index is 12.5. The summed E-state index contributed by atoms with van der Waals surface area (Å²) in [6.45, 7) is 15.1. The summed E-state index contributed by atoms with van der Waals surface area (Å²) >= 11 is 6.23. The SMILES string of the molecule is CC.CCc1cc(C2CN(C(=O)OC(C)(C)C)CCN2CCOC)cc(Cl)n1. The first-order valence-electron chi connectivity index (χ1n) is 10.1. The molecular formula is C21H36ClN3O3. The number of carbonyl (C=O) groups excluding carboxylic acids is 1. The van der Waals surface area contributed by atoms with Gasteiger partial charge in [0.15, 0.2) is 0 Å². The van der Waals surface area contributed by atoms with Crippen LogP contribution in [0.25, 0.3) is 0 Å². The molecule has 0 saturated carbocycles. The van der Waals surface area contributed by atoms with Gasteiger partial charge >= 0.3 is 6.09 Å². The second kappa shape index (κ2) is 11.6. The summed E-state index contributed by atoms with van der Waals surface area (Å²) in [5.74, 6) is 0. The summed E-state index contributed by atoms with van der Waals surface area (Å²) in [5, 5.41) is 0.487. The lowest BCUT2D eigenvalue weighted by atomic mass is 10.0. The minimum atomic E-state index is -0.505. The average molecular weight is 414 g/mol. The van der Waals surface area contributed by atoms with Crippen LogP contribution in [0.4, 0.5) is 4.79 Å². The summed E-state index contributed by atoms with van der Waals surface area (Å²) in [5.41, 5.74) is 1.52. The van der Waals surface area contributed by atoms with Gasteiger partial charge in [0, 0.05) is 39.0 Å². The molecule has 0 bridgehead atoms. The fourth-order valence-electron chi connectivity index (χ4n) is 3.05. The first-order valence-corrected chi connectivity index (χ1v) is 10.5. The van der Waals surface area contributed by atoms with E-state index in [2.05, 4.69) is 22.9 Å². The normalized spacial score (nSPS) is 17.7. The maximum Gasteiger partial charge on any atom is 0.410 e. The number of carbonyl (C=O) groups is 1. The zero-order valence-electron chi connectivity index (χ0n) is 18.4. The largest absolute Gasteiger partial charge is 0.444 e. The van der Waals surface area contributed by atoms with Crippen molar-refractivity contribution in [3.8, 4) is 0 Å². The molecule has 1 atom stereocenters. The number of piperazine rings is 1. The summed E-state index contributed by atoms with van der Waals surface area (Å²) in [4.78, 5) is 21.0. The van der Waals surface area contributed by atoms with Crippen LogP contribution in [0.2, 0.25) is 5.15 Å². The van der Waals surface area contributed by atoms with E-state index in [1.165, 1.54) is 0 Å². The van der Waals surface area contributed by atoms with Crippen LogP contribution in [-0.4, -0.2) is 66.4 Å². The molecule has 0 spiro atoms. The molecule has 160 valence electrons. The molecular weight excluding hydrogens is 378 g/mol. The van der Waals surface area contributed by atoms with Gasteiger partial charge in [0.25, 0.3) is 0 Å². The van der Waals surface area contributed by atoms with Crippen molar-refractivity contribution in [2.24, 2.45) is 0 Å². The Hall–Kier alpha value is -1.37. The molecule has 1 unspecified atom stereocenters. The van der Waals surface area contributed by atoms with Crippen LogP contribution >= 0.6 is 11.6 Å². The Bertz CT molecular complexity index is 619. The Morgan fingerprint density at radius 3 is 2.54 bits per heavy atom. The third kappa shape index (κ3) is 7.57. The van der Waals surface area contributed by atoms with E-state index in [4.69, 9.17) is 21.1 Å². The fourth-order valence-corrected chi connectivity index (χ4v) is 3.29. The Morgan fingerprint density at radius 2 is 1.96 bits per heavy atom. The molecule has 2 rings (SSSR count). The zero-order valence-corrected chi connectivity index (χ0v) is 19.2. The molecule has 1 saturated heterocycles. The molecule has 1 amide bonds. The van der Waals surface area contributed by atoms with Gasteiger partial charge in [-0.05, 0) is 44.9 Å². The fraction of sp³-hybridized carbons (Fsp3) is 0.714. The van der Waals surface area contributed by atoms with Gasteiger partial charge in [0.1, 0.15) is 10.8 Å². The molecule has 2 heterocycles. The molecule has 1 fully saturated rings. The number of hydrogen-bond acceptors (Lipinski definition) is 5. The van der Waals surface area contributed by atoms with E-state index in [-0.39, 0.29) is 12.1 Å². The van der Waals surface area contributed by atoms with Crippen LogP contribution in [-0.2, 0) is 15.9 Å². The molecule has 28 heavy (non-hydrogen) atoms. The Labute approximate surface area is 175 Å². The maximum atomic E-state index is 12.5. The van der Waals surface area contributed by atoms with E-state index in [0.29, 0.717) is 24.8 Å². The highest BCUT2D eigenvalue weighted by atomic mass is 35.5. The molecule has 1 aromatic heterocycles. The standard InChI is InChI=1S/C19H30ClN3O3.C2H6/c1-6-15-11-14(12-17(20)21-15)16-13-23(18(24)26-19(2,3)4)8-7-22(16)9-10-25-5;1-2/h11-12,16H,6-10,13H2,1-5H3;1-2H3. The van der Waals surface area contributed by atoms with Crippen LogP contribution in [0, 0.1) is 0 Å². The van der Waals surface area contributed by atoms with Crippen molar-refractivity contribution in [2.45, 2.75) is 59.6 Å². The highest BCUT2D eigenvalue weighted by Gasteiger charge is 2.33. The van der Waals surface area contributed by atoms with Crippen molar-refractivity contribution in [2.75, 3.05) is 39.9 Å². The molecule has 1 aromatic rings. The molecule has 0 radical (unpaired) electrons. The zero-order chi connectivity index (χ0) is 21.3. The Morgan fingerprint density at radius 1 is 1.29 bits per heavy atom. The van der Waals surface area contributed by atoms with Gasteiger partial charge in [0.2, 0.25) is 0 Å². The minimum Gasteiger partial charge on any atom is -0.444 e. The van der Waals surface area contributed by atoms with Crippen molar-refractivity contribution in [3.63, 3.8) is 0 Å². The Kier molecular flexibility index (Phi) is 10.2. The van der Waals surface area contributed by atoms with Crippen molar-refractivity contribution in [1.82, 2.24) is 14.8 Å². The van der Waals surface area contributed by atoms with Crippen LogP contribution in [0.3, 0.4) is 0 Å². The number of amides is 1. The summed E-state index contributed by atoms with van der Waals surface area (Å²) in [6.07, 6.45) is 0.540. The number of pyridine rings is 1. The molecule has 6 nitrogen and oxygen atoms in total. The summed E-state index contributed by atoms with van der Waals surface area (Å²) in [7, 11) is 1.70. The van der Waals surface area contributed by atoms with Crippen molar-refractivity contribution >= 4 is 17.7 Å². The van der Waals surface area contributed by atoms with Gasteiger partial charge in [-0.3, -0.25) is 4.90 Å². The number of aryl methyl sites for hydroxylation is 1. The van der Waals surface area contributed by atoms with E-state index in [1.54, 1.807) is 12.0 Å². The predicted molar refractivity (Wildman–Crippen MR) is 114 cm³/mol. The number of ether oxygens (including phenoxy) is 2. The van der Waals surface area contributed by atoms with Crippen LogP contribution in [0.5, 0.6) is 0 Å². The topological polar surface area (TPSA) is 54.9 Å². The Balaban J connectivity index is 0.00000190. The minimum absolute atomic E-state index is 0.0391. The van der Waals surface area contributed by atoms with Gasteiger partial charge in [-0.2, -0.15) is 0 Å². The van der Waals surface area contributed by atoms with E-state index in [1.807, 2.05) is 40.7 Å². The number of rotatable bonds is 5. The molecule has 0 aliphatic carbocycles. The van der Waals surface area contributed by atoms with Gasteiger partial charge < -0.3 is 14.4 Å². The molecule has 7 heteroatoms. The van der Waals surface area contributed by atoms with E-state index in [9.17, 15) is 4.79 Å². The van der Waals surface area contributed by atoms with Crippen LogP contribution in [0.15, 0.2) is 12.1 Å². The van der Waals surface area contributed by atoms with Gasteiger partial charge in [0.05, 0.1) is 12.6 Å². The van der Waals surface area contributed by atoms with Crippen molar-refractivity contribution < 1.29 is 14.3 Å². The highest BCUT2D eigenvalue weighted by molar-refractivity contribution is 6.29. The number of halogens is 1. The van der Waals surface area contributed by atoms with E-state index in [0.717, 1.165) is 30.8 Å². The summed E-state index contributed by atoms with van der Waals surface area (Å²) < 4.78 is 10.8. The first kappa shape index (κ1) is 24.7. The molecule has 1 aliphatic rings. The summed E-state index contributed by atoms with van der Waals surface area (Å²) in [6, 6.07) is 4.01. The van der Waals surface area contributed by atoms with Crippen LogP contribution < -0.4 is 0 Å². The first-order chi connectivity index (χ1) is 13.2. The quantitative estimate of drug-likeness (QED) is 0.662. The average Bonchev–Trinajstić information content (AvgIpc) is 2.66. The predicted octanol–water partition coefficient (Wildman–Crippen LogP) is 4.56. The second-order valence-corrected chi connectivity index (χ2v) is 7.93. The number of methoxy groups -OCH3 is 1. The smallest absolute Gasteiger partial charge is 0.410 e. The molecule has 1 aliphatic heterocycles. The number of aromatic nitrogens is 1. The molecule has 0 aromatic carbocycles. The van der Waals surface area contributed by atoms with Gasteiger partial charge in [-0.15, -0.1) is 0 Å². The highest BCUT2D eigenvalue weighted by Crippen LogP contribution is 2.28. The third-order valence-corrected chi connectivity index (χ3v) is 4.54. The van der Waals surface area contributed by atoms with Gasteiger partial charge in [-0.25, -0.2) is 9.78 Å². The lowest BCUT2D eigenvalue weighted by Gasteiger charge is -2.41. The van der Waals surface area contributed by atoms with Crippen LogP contribution in [0.1, 0.15) is 58.8 Å². The van der Waals surface area contributed by atoms with Crippen molar-refractivity contribution in [3.05, 3.63) is 28.5 Å². The lowest BCUT2D eigenvalue weighted by Crippen LogP contribution is -2.52. The number of hydrogen-bond donors (Lipinski definition) is 0. The third-order valence-electron chi connectivity index (χ3n) is 4.34. The lowest BCUT2D eigenvalue weighted by molar-refractivity contribution is -0.000218. The second-order valence-electron chi connectivity index (χ2n) is 7.54. The monoisotopic (exact) mass is 413 g/mol. The van der Waals surface area contributed by atoms with Gasteiger partial charge in [-0.1, -0.05) is 32.4 Å². The van der Waals surface area contributed by atoms with E-state index >= 15 is 0 Å². The van der Waals surface area contributed by atoms with Crippen molar-refractivity contribution in [1.29, 1.82) is 0 Å². The number of nitrogens with zero attached hydrogens (tertiary/aromatic N) is 3. The molecule has 0 N–H and O–H groups in total.